The molecule has 7 nitrogen and oxygen atoms in total. The van der Waals surface area contributed by atoms with Gasteiger partial charge in [0.05, 0.1) is 30.3 Å². The van der Waals surface area contributed by atoms with Gasteiger partial charge in [-0.1, -0.05) is 6.07 Å². The van der Waals surface area contributed by atoms with Crippen LogP contribution in [0.1, 0.15) is 53.7 Å². The van der Waals surface area contributed by atoms with E-state index < -0.39 is 11.8 Å². The number of hydrogen-bond donors (Lipinski definition) is 1. The first-order valence-corrected chi connectivity index (χ1v) is 11.2. The Hall–Kier alpha value is -2.60. The SMILES string of the molecule is CC1c2c(cc(CN3CCC(F)(C#N)CC3)c3cccnc23)C(=O)N1C1CCOCC1O. The average Bonchev–Trinajstić information content (AvgIpc) is 3.06. The van der Waals surface area contributed by atoms with Gasteiger partial charge in [-0.15, -0.1) is 0 Å². The maximum Gasteiger partial charge on any atom is 0.255 e. The summed E-state index contributed by atoms with van der Waals surface area (Å²) in [5.41, 5.74) is 1.57. The van der Waals surface area contributed by atoms with Gasteiger partial charge >= 0.3 is 0 Å². The van der Waals surface area contributed by atoms with Gasteiger partial charge in [0.2, 0.25) is 0 Å². The minimum absolute atomic E-state index is 0.0850. The fourth-order valence-electron chi connectivity index (χ4n) is 5.41. The number of nitriles is 1. The number of pyridine rings is 1. The van der Waals surface area contributed by atoms with Crippen molar-refractivity contribution in [3.8, 4) is 6.07 Å². The summed E-state index contributed by atoms with van der Waals surface area (Å²) in [6.07, 6.45) is 2.01. The number of amides is 1. The number of fused-ring (bicyclic) bond motifs is 3. The molecule has 2 saturated heterocycles. The molecule has 32 heavy (non-hydrogen) atoms. The summed E-state index contributed by atoms with van der Waals surface area (Å²) >= 11 is 0. The molecule has 3 aliphatic rings. The molecular weight excluding hydrogens is 411 g/mol. The predicted molar refractivity (Wildman–Crippen MR) is 116 cm³/mol. The minimum atomic E-state index is -1.74. The molecule has 0 aliphatic carbocycles. The number of benzene rings is 1. The number of aromatic nitrogens is 1. The molecule has 1 aromatic heterocycles. The molecule has 4 heterocycles. The Balaban J connectivity index is 1.50. The Kier molecular flexibility index (Phi) is 5.36. The van der Waals surface area contributed by atoms with E-state index in [0.29, 0.717) is 38.2 Å². The lowest BCUT2D eigenvalue weighted by Gasteiger charge is -2.37. The highest BCUT2D eigenvalue weighted by atomic mass is 19.1. The van der Waals surface area contributed by atoms with Gasteiger partial charge in [-0.25, -0.2) is 4.39 Å². The third-order valence-corrected chi connectivity index (χ3v) is 7.21. The smallest absolute Gasteiger partial charge is 0.255 e. The normalized spacial score (nSPS) is 28.0. The number of hydrogen-bond acceptors (Lipinski definition) is 6. The first-order chi connectivity index (χ1) is 15.4. The second-order valence-corrected chi connectivity index (χ2v) is 9.14. The molecule has 1 N–H and O–H groups in total. The van der Waals surface area contributed by atoms with E-state index in [1.54, 1.807) is 17.2 Å². The molecule has 0 radical (unpaired) electrons. The highest BCUT2D eigenvalue weighted by Gasteiger charge is 2.43. The number of piperidine rings is 1. The molecule has 168 valence electrons. The predicted octanol–water partition coefficient (Wildman–Crippen LogP) is 2.73. The lowest BCUT2D eigenvalue weighted by molar-refractivity contribution is -0.0623. The molecule has 0 bridgehead atoms. The average molecular weight is 439 g/mol. The highest BCUT2D eigenvalue weighted by Crippen LogP contribution is 2.42. The maximum absolute atomic E-state index is 14.3. The topological polar surface area (TPSA) is 89.7 Å². The van der Waals surface area contributed by atoms with Crippen molar-refractivity contribution in [3.63, 3.8) is 0 Å². The number of ether oxygens (including phenoxy) is 1. The summed E-state index contributed by atoms with van der Waals surface area (Å²) in [5, 5.41) is 20.5. The lowest BCUT2D eigenvalue weighted by atomic mass is 9.93. The van der Waals surface area contributed by atoms with Crippen LogP contribution in [0.4, 0.5) is 4.39 Å². The van der Waals surface area contributed by atoms with Crippen LogP contribution in [-0.2, 0) is 11.3 Å². The molecule has 1 aromatic carbocycles. The third-order valence-electron chi connectivity index (χ3n) is 7.21. The Morgan fingerprint density at radius 3 is 2.91 bits per heavy atom. The van der Waals surface area contributed by atoms with Crippen LogP contribution in [0.3, 0.4) is 0 Å². The molecule has 1 amide bonds. The van der Waals surface area contributed by atoms with Gasteiger partial charge in [-0.3, -0.25) is 14.7 Å². The lowest BCUT2D eigenvalue weighted by Crippen LogP contribution is -2.50. The Labute approximate surface area is 186 Å². The second-order valence-electron chi connectivity index (χ2n) is 9.14. The third kappa shape index (κ3) is 3.45. The molecule has 0 saturated carbocycles. The fraction of sp³-hybridized carbons (Fsp3) is 0.542. The fourth-order valence-corrected chi connectivity index (χ4v) is 5.41. The van der Waals surface area contributed by atoms with Crippen LogP contribution in [0.15, 0.2) is 24.4 Å². The van der Waals surface area contributed by atoms with E-state index in [0.717, 1.165) is 22.0 Å². The van der Waals surface area contributed by atoms with Crippen molar-refractivity contribution in [3.05, 3.63) is 41.1 Å². The van der Waals surface area contributed by atoms with Gasteiger partial charge in [0.15, 0.2) is 5.67 Å². The Morgan fingerprint density at radius 2 is 2.19 bits per heavy atom. The molecule has 0 spiro atoms. The molecule has 2 fully saturated rings. The first kappa shape index (κ1) is 21.3. The summed E-state index contributed by atoms with van der Waals surface area (Å²) in [5.74, 6) is -0.0850. The van der Waals surface area contributed by atoms with Crippen LogP contribution < -0.4 is 0 Å². The molecule has 5 rings (SSSR count). The number of aliphatic hydroxyl groups excluding tert-OH is 1. The first-order valence-electron chi connectivity index (χ1n) is 11.2. The molecule has 3 aliphatic heterocycles. The van der Waals surface area contributed by atoms with E-state index >= 15 is 0 Å². The zero-order chi connectivity index (χ0) is 22.5. The summed E-state index contributed by atoms with van der Waals surface area (Å²) < 4.78 is 19.7. The molecule has 3 unspecified atom stereocenters. The van der Waals surface area contributed by atoms with Crippen molar-refractivity contribution >= 4 is 16.8 Å². The van der Waals surface area contributed by atoms with E-state index in [9.17, 15) is 14.3 Å². The Morgan fingerprint density at radius 1 is 1.41 bits per heavy atom. The van der Waals surface area contributed by atoms with Crippen molar-refractivity contribution in [1.82, 2.24) is 14.8 Å². The quantitative estimate of drug-likeness (QED) is 0.793. The van der Waals surface area contributed by atoms with Gasteiger partial charge < -0.3 is 14.7 Å². The number of nitrogens with zero attached hydrogens (tertiary/aromatic N) is 4. The van der Waals surface area contributed by atoms with E-state index in [-0.39, 0.29) is 37.4 Å². The van der Waals surface area contributed by atoms with Gasteiger partial charge in [-0.2, -0.15) is 5.26 Å². The maximum atomic E-state index is 14.3. The largest absolute Gasteiger partial charge is 0.389 e. The van der Waals surface area contributed by atoms with Crippen molar-refractivity contribution < 1.29 is 19.0 Å². The zero-order valence-electron chi connectivity index (χ0n) is 18.1. The van der Waals surface area contributed by atoms with Crippen molar-refractivity contribution in [2.75, 3.05) is 26.3 Å². The zero-order valence-corrected chi connectivity index (χ0v) is 18.1. The number of aliphatic hydroxyl groups is 1. The number of rotatable bonds is 3. The monoisotopic (exact) mass is 438 g/mol. The van der Waals surface area contributed by atoms with Crippen LogP contribution >= 0.6 is 0 Å². The van der Waals surface area contributed by atoms with Crippen LogP contribution in [-0.4, -0.2) is 69.9 Å². The highest BCUT2D eigenvalue weighted by molar-refractivity contribution is 6.05. The van der Waals surface area contributed by atoms with E-state index in [2.05, 4.69) is 9.88 Å². The van der Waals surface area contributed by atoms with E-state index in [1.807, 2.05) is 25.1 Å². The summed E-state index contributed by atoms with van der Waals surface area (Å²) in [6, 6.07) is 7.17. The number of carbonyl (C=O) groups excluding carboxylic acids is 1. The van der Waals surface area contributed by atoms with Gasteiger partial charge in [0.1, 0.15) is 6.07 Å². The van der Waals surface area contributed by atoms with Crippen molar-refractivity contribution in [2.45, 2.75) is 56.6 Å². The number of carbonyl (C=O) groups is 1. The molecule has 3 atom stereocenters. The van der Waals surface area contributed by atoms with E-state index in [1.165, 1.54) is 0 Å². The van der Waals surface area contributed by atoms with Crippen LogP contribution in [0.25, 0.3) is 10.9 Å². The van der Waals surface area contributed by atoms with Crippen molar-refractivity contribution in [1.29, 1.82) is 5.26 Å². The summed E-state index contributed by atoms with van der Waals surface area (Å²) in [6.45, 7) is 4.30. The van der Waals surface area contributed by atoms with Crippen LogP contribution in [0, 0.1) is 11.3 Å². The molecule has 8 heteroatoms. The number of likely N-dealkylation sites (tertiary alicyclic amines) is 1. The van der Waals surface area contributed by atoms with Crippen LogP contribution in [0.5, 0.6) is 0 Å². The Bertz CT molecular complexity index is 1090. The molecule has 2 aromatic rings. The van der Waals surface area contributed by atoms with E-state index in [4.69, 9.17) is 10.00 Å². The molecular formula is C24H27FN4O3. The minimum Gasteiger partial charge on any atom is -0.389 e. The number of halogens is 1. The number of alkyl halides is 1. The summed E-state index contributed by atoms with van der Waals surface area (Å²) in [4.78, 5) is 22.1. The second kappa shape index (κ2) is 8.07. The van der Waals surface area contributed by atoms with Gasteiger partial charge in [0, 0.05) is 61.8 Å². The van der Waals surface area contributed by atoms with Gasteiger partial charge in [0.25, 0.3) is 5.91 Å². The standard InChI is InChI=1S/C24H27FN4O3/c1-15-21-18(23(31)29(15)19-4-10-32-13-20(19)30)11-16(17-3-2-7-27-22(17)21)12-28-8-5-24(25,14-26)6-9-28/h2-3,7,11,15,19-20,30H,4-6,8-10,12-13H2,1H3. The summed E-state index contributed by atoms with van der Waals surface area (Å²) in [7, 11) is 0. The van der Waals surface area contributed by atoms with Crippen molar-refractivity contribution in [2.24, 2.45) is 0 Å². The van der Waals surface area contributed by atoms with Crippen LogP contribution in [0.2, 0.25) is 0 Å². The van der Waals surface area contributed by atoms with Gasteiger partial charge in [-0.05, 0) is 31.0 Å².